The molecule has 6 rings (SSSR count). The number of amides is 1. The quantitative estimate of drug-likeness (QED) is 0.286. The standard InChI is InChI=1S/C32H24Cl2N2O2/c33-24-15-13-20(14-16-24)23-18-27-30(29(37)19-23)31(22-9-6-10-25(34)17-22)36(28-12-5-4-11-26(28)35-27)32(38)21-7-2-1-3-8-21/h1-17,23,31,35H,18-19H2/t23-,31+/m0/s1. The van der Waals surface area contributed by atoms with Crippen molar-refractivity contribution in [3.05, 3.63) is 141 Å². The second-order valence-corrected chi connectivity index (χ2v) is 10.5. The lowest BCUT2D eigenvalue weighted by molar-refractivity contribution is -0.116. The number of ketones is 1. The van der Waals surface area contributed by atoms with Crippen molar-refractivity contribution in [1.82, 2.24) is 0 Å². The predicted octanol–water partition coefficient (Wildman–Crippen LogP) is 8.21. The molecule has 2 aliphatic rings. The van der Waals surface area contributed by atoms with E-state index >= 15 is 0 Å². The normalized spacial score (nSPS) is 18.8. The highest BCUT2D eigenvalue weighted by molar-refractivity contribution is 6.31. The molecule has 1 aliphatic heterocycles. The number of para-hydroxylation sites is 2. The van der Waals surface area contributed by atoms with Crippen molar-refractivity contribution in [1.29, 1.82) is 0 Å². The topological polar surface area (TPSA) is 49.4 Å². The number of hydrogen-bond acceptors (Lipinski definition) is 3. The van der Waals surface area contributed by atoms with Crippen LogP contribution in [0.5, 0.6) is 0 Å². The molecule has 0 spiro atoms. The first kappa shape index (κ1) is 24.5. The highest BCUT2D eigenvalue weighted by Crippen LogP contribution is 2.48. The van der Waals surface area contributed by atoms with Gasteiger partial charge in [-0.15, -0.1) is 0 Å². The SMILES string of the molecule is O=C1C[C@@H](c2ccc(Cl)cc2)CC2=C1[C@@H](c1cccc(Cl)c1)N(C(=O)c1ccccc1)c1ccccc1N2. The first-order valence-electron chi connectivity index (χ1n) is 12.5. The molecule has 4 nitrogen and oxygen atoms in total. The number of anilines is 2. The van der Waals surface area contributed by atoms with Crippen LogP contribution in [0, 0.1) is 0 Å². The monoisotopic (exact) mass is 538 g/mol. The zero-order chi connectivity index (χ0) is 26.2. The van der Waals surface area contributed by atoms with Crippen molar-refractivity contribution in [2.75, 3.05) is 10.2 Å². The van der Waals surface area contributed by atoms with Gasteiger partial charge < -0.3 is 5.32 Å². The number of carbonyl (C=O) groups is 2. The van der Waals surface area contributed by atoms with Crippen LogP contribution in [0.4, 0.5) is 11.4 Å². The third-order valence-electron chi connectivity index (χ3n) is 7.23. The van der Waals surface area contributed by atoms with Gasteiger partial charge in [0, 0.05) is 33.3 Å². The van der Waals surface area contributed by atoms with Crippen LogP contribution in [0.3, 0.4) is 0 Å². The van der Waals surface area contributed by atoms with Crippen molar-refractivity contribution in [3.63, 3.8) is 0 Å². The minimum absolute atomic E-state index is 0.00217. The summed E-state index contributed by atoms with van der Waals surface area (Å²) in [5.74, 6) is -0.192. The van der Waals surface area contributed by atoms with E-state index < -0.39 is 6.04 Å². The van der Waals surface area contributed by atoms with E-state index in [0.717, 1.165) is 22.5 Å². The average molecular weight is 539 g/mol. The second-order valence-electron chi connectivity index (χ2n) is 9.61. The summed E-state index contributed by atoms with van der Waals surface area (Å²) >= 11 is 12.6. The fourth-order valence-electron chi connectivity index (χ4n) is 5.50. The number of rotatable bonds is 3. The minimum Gasteiger partial charge on any atom is -0.357 e. The van der Waals surface area contributed by atoms with E-state index in [2.05, 4.69) is 5.32 Å². The third-order valence-corrected chi connectivity index (χ3v) is 7.72. The largest absolute Gasteiger partial charge is 0.357 e. The molecule has 2 atom stereocenters. The Hall–Kier alpha value is -3.86. The van der Waals surface area contributed by atoms with Gasteiger partial charge in [0.15, 0.2) is 5.78 Å². The van der Waals surface area contributed by atoms with Crippen molar-refractivity contribution in [2.24, 2.45) is 0 Å². The van der Waals surface area contributed by atoms with Gasteiger partial charge in [0.25, 0.3) is 5.91 Å². The molecule has 0 saturated carbocycles. The Balaban J connectivity index is 1.56. The number of allylic oxidation sites excluding steroid dienone is 1. The van der Waals surface area contributed by atoms with E-state index in [-0.39, 0.29) is 17.6 Å². The van der Waals surface area contributed by atoms with E-state index in [0.29, 0.717) is 39.7 Å². The van der Waals surface area contributed by atoms with Crippen LogP contribution in [0.25, 0.3) is 0 Å². The van der Waals surface area contributed by atoms with Crippen LogP contribution in [-0.2, 0) is 4.79 Å². The Bertz CT molecular complexity index is 1560. The Labute approximate surface area is 231 Å². The van der Waals surface area contributed by atoms with Gasteiger partial charge in [-0.3, -0.25) is 14.5 Å². The highest BCUT2D eigenvalue weighted by Gasteiger charge is 2.41. The van der Waals surface area contributed by atoms with Crippen molar-refractivity contribution in [3.8, 4) is 0 Å². The minimum atomic E-state index is -0.647. The van der Waals surface area contributed by atoms with Gasteiger partial charge in [-0.05, 0) is 72.0 Å². The molecule has 4 aromatic rings. The number of Topliss-reactive ketones (excluding diaryl/α,β-unsaturated/α-hetero) is 1. The van der Waals surface area contributed by atoms with Gasteiger partial charge in [0.2, 0.25) is 0 Å². The van der Waals surface area contributed by atoms with Crippen LogP contribution in [-0.4, -0.2) is 11.7 Å². The maximum absolute atomic E-state index is 14.2. The summed E-state index contributed by atoms with van der Waals surface area (Å²) in [6.07, 6.45) is 0.963. The first-order valence-corrected chi connectivity index (χ1v) is 13.3. The first-order chi connectivity index (χ1) is 18.5. The molecule has 38 heavy (non-hydrogen) atoms. The van der Waals surface area contributed by atoms with E-state index in [1.165, 1.54) is 0 Å². The van der Waals surface area contributed by atoms with Crippen molar-refractivity contribution >= 4 is 46.3 Å². The molecular weight excluding hydrogens is 515 g/mol. The van der Waals surface area contributed by atoms with E-state index in [1.54, 1.807) is 23.1 Å². The van der Waals surface area contributed by atoms with Crippen LogP contribution in [0.1, 0.15) is 46.3 Å². The summed E-state index contributed by atoms with van der Waals surface area (Å²) in [6, 6.07) is 31.3. The zero-order valence-electron chi connectivity index (χ0n) is 20.4. The summed E-state index contributed by atoms with van der Waals surface area (Å²) in [5.41, 5.74) is 5.28. The third kappa shape index (κ3) is 4.51. The van der Waals surface area contributed by atoms with Crippen molar-refractivity contribution in [2.45, 2.75) is 24.8 Å². The van der Waals surface area contributed by atoms with Crippen LogP contribution in [0.15, 0.2) is 114 Å². The molecule has 0 unspecified atom stereocenters. The Morgan fingerprint density at radius 1 is 0.763 bits per heavy atom. The summed E-state index contributed by atoms with van der Waals surface area (Å²) in [6.45, 7) is 0. The molecule has 0 fully saturated rings. The highest BCUT2D eigenvalue weighted by atomic mass is 35.5. The Kier molecular flexibility index (Phi) is 6.52. The smallest absolute Gasteiger partial charge is 0.259 e. The number of carbonyl (C=O) groups excluding carboxylic acids is 2. The lowest BCUT2D eigenvalue weighted by atomic mass is 9.78. The summed E-state index contributed by atoms with van der Waals surface area (Å²) < 4.78 is 0. The molecule has 0 saturated heterocycles. The van der Waals surface area contributed by atoms with E-state index in [9.17, 15) is 9.59 Å². The fourth-order valence-corrected chi connectivity index (χ4v) is 5.82. The maximum atomic E-state index is 14.2. The number of benzene rings is 4. The number of hydrogen-bond donors (Lipinski definition) is 1. The Morgan fingerprint density at radius 3 is 2.26 bits per heavy atom. The molecule has 188 valence electrons. The molecule has 6 heteroatoms. The summed E-state index contributed by atoms with van der Waals surface area (Å²) in [4.78, 5) is 30.0. The summed E-state index contributed by atoms with van der Waals surface area (Å²) in [5, 5.41) is 4.77. The maximum Gasteiger partial charge on any atom is 0.259 e. The second kappa shape index (κ2) is 10.1. The fraction of sp³-hybridized carbons (Fsp3) is 0.125. The number of nitrogens with one attached hydrogen (secondary N) is 1. The van der Waals surface area contributed by atoms with Gasteiger partial charge in [-0.25, -0.2) is 0 Å². The van der Waals surface area contributed by atoms with Crippen LogP contribution in [0.2, 0.25) is 10.0 Å². The molecule has 1 heterocycles. The van der Waals surface area contributed by atoms with Crippen molar-refractivity contribution < 1.29 is 9.59 Å². The van der Waals surface area contributed by atoms with Gasteiger partial charge in [0.1, 0.15) is 0 Å². The molecule has 1 aliphatic carbocycles. The van der Waals surface area contributed by atoms with Gasteiger partial charge >= 0.3 is 0 Å². The van der Waals surface area contributed by atoms with E-state index in [4.69, 9.17) is 23.2 Å². The number of fused-ring (bicyclic) bond motifs is 1. The summed E-state index contributed by atoms with van der Waals surface area (Å²) in [7, 11) is 0. The van der Waals surface area contributed by atoms with Gasteiger partial charge in [-0.2, -0.15) is 0 Å². The molecular formula is C32H24Cl2N2O2. The van der Waals surface area contributed by atoms with Crippen LogP contribution >= 0.6 is 23.2 Å². The lowest BCUT2D eigenvalue weighted by Crippen LogP contribution is -2.38. The number of nitrogens with zero attached hydrogens (tertiary/aromatic N) is 1. The lowest BCUT2D eigenvalue weighted by Gasteiger charge is -2.35. The van der Waals surface area contributed by atoms with Crippen LogP contribution < -0.4 is 10.2 Å². The van der Waals surface area contributed by atoms with Gasteiger partial charge in [-0.1, -0.05) is 77.8 Å². The molecule has 0 radical (unpaired) electrons. The molecule has 4 aromatic carbocycles. The molecule has 0 bridgehead atoms. The van der Waals surface area contributed by atoms with Gasteiger partial charge in [0.05, 0.1) is 17.4 Å². The Morgan fingerprint density at radius 2 is 1.50 bits per heavy atom. The number of halogens is 2. The van der Waals surface area contributed by atoms with E-state index in [1.807, 2.05) is 84.9 Å². The zero-order valence-corrected chi connectivity index (χ0v) is 21.9. The molecule has 1 amide bonds. The molecule has 1 N–H and O–H groups in total. The molecule has 0 aromatic heterocycles. The average Bonchev–Trinajstić information content (AvgIpc) is 3.08. The predicted molar refractivity (Wildman–Crippen MR) is 153 cm³/mol.